The van der Waals surface area contributed by atoms with E-state index in [1.54, 1.807) is 0 Å². The van der Waals surface area contributed by atoms with Crippen LogP contribution >= 0.6 is 0 Å². The van der Waals surface area contributed by atoms with Crippen LogP contribution in [0.2, 0.25) is 0 Å². The molecule has 3 nitrogen and oxygen atoms in total. The number of ether oxygens (including phenoxy) is 1. The molecule has 4 fully saturated rings. The van der Waals surface area contributed by atoms with E-state index in [4.69, 9.17) is 9.15 Å². The summed E-state index contributed by atoms with van der Waals surface area (Å²) >= 11 is 0. The number of para-hydroxylation sites is 2. The van der Waals surface area contributed by atoms with Gasteiger partial charge in [-0.3, -0.25) is 0 Å². The highest BCUT2D eigenvalue weighted by Gasteiger charge is 2.61. The minimum absolute atomic E-state index is 0.0184. The fourth-order valence-corrected chi connectivity index (χ4v) is 12.1. The second kappa shape index (κ2) is 10.3. The summed E-state index contributed by atoms with van der Waals surface area (Å²) in [6.07, 6.45) is 9.18. The van der Waals surface area contributed by atoms with E-state index in [2.05, 4.69) is 136 Å². The molecule has 256 valence electrons. The Morgan fingerprint density at radius 1 is 0.549 bits per heavy atom. The average molecular weight is 670 g/mol. The quantitative estimate of drug-likeness (QED) is 0.188. The Morgan fingerprint density at radius 2 is 1.18 bits per heavy atom. The van der Waals surface area contributed by atoms with Crippen molar-refractivity contribution < 1.29 is 9.15 Å². The fourth-order valence-electron chi connectivity index (χ4n) is 12.1. The smallest absolute Gasteiger partial charge is 0.137 e. The van der Waals surface area contributed by atoms with Crippen molar-refractivity contribution in [2.75, 3.05) is 4.90 Å². The second-order valence-electron chi connectivity index (χ2n) is 18.0. The molecule has 51 heavy (non-hydrogen) atoms. The Morgan fingerprint density at radius 3 is 1.96 bits per heavy atom. The summed E-state index contributed by atoms with van der Waals surface area (Å²) in [7, 11) is 0. The van der Waals surface area contributed by atoms with Crippen LogP contribution in [0.4, 0.5) is 17.1 Å². The van der Waals surface area contributed by atoms with Crippen LogP contribution in [0.3, 0.4) is 0 Å². The Labute approximate surface area is 301 Å². The topological polar surface area (TPSA) is 25.6 Å². The molecule has 0 unspecified atom stereocenters. The first kappa shape index (κ1) is 30.2. The van der Waals surface area contributed by atoms with Gasteiger partial charge in [0.2, 0.25) is 0 Å². The number of hydrogen-bond acceptors (Lipinski definition) is 3. The fraction of sp³-hybridized carbons (Fsp3) is 0.375. The molecule has 1 aliphatic heterocycles. The van der Waals surface area contributed by atoms with E-state index < -0.39 is 0 Å². The van der Waals surface area contributed by atoms with Crippen LogP contribution in [0.25, 0.3) is 21.9 Å². The van der Waals surface area contributed by atoms with Crippen LogP contribution < -0.4 is 9.64 Å². The average Bonchev–Trinajstić information content (AvgIpc) is 3.51. The lowest BCUT2D eigenvalue weighted by Crippen LogP contribution is -2.57. The van der Waals surface area contributed by atoms with E-state index in [0.717, 1.165) is 51.0 Å². The summed E-state index contributed by atoms with van der Waals surface area (Å²) in [4.78, 5) is 2.53. The lowest BCUT2D eigenvalue weighted by Gasteiger charge is -2.63. The summed E-state index contributed by atoms with van der Waals surface area (Å²) in [6, 6.07) is 38.6. The molecule has 6 aromatic rings. The molecule has 5 aromatic carbocycles. The summed E-state index contributed by atoms with van der Waals surface area (Å²) in [5.41, 5.74) is 11.4. The maximum absolute atomic E-state index is 6.86. The number of hydrogen-bond donors (Lipinski definition) is 0. The van der Waals surface area contributed by atoms with Crippen LogP contribution in [-0.4, -0.2) is 0 Å². The van der Waals surface area contributed by atoms with Gasteiger partial charge in [0.25, 0.3) is 0 Å². The van der Waals surface area contributed by atoms with Gasteiger partial charge < -0.3 is 14.1 Å². The molecule has 4 bridgehead atoms. The van der Waals surface area contributed by atoms with Crippen molar-refractivity contribution in [3.8, 4) is 11.5 Å². The number of furan rings is 1. The molecular weight excluding hydrogens is 623 g/mol. The van der Waals surface area contributed by atoms with Gasteiger partial charge in [0.15, 0.2) is 0 Å². The van der Waals surface area contributed by atoms with Gasteiger partial charge in [0.05, 0.1) is 11.1 Å². The summed E-state index contributed by atoms with van der Waals surface area (Å²) < 4.78 is 13.4. The number of anilines is 3. The van der Waals surface area contributed by atoms with E-state index in [9.17, 15) is 0 Å². The van der Waals surface area contributed by atoms with Gasteiger partial charge >= 0.3 is 0 Å². The maximum Gasteiger partial charge on any atom is 0.137 e. The molecule has 0 atom stereocenters. The highest BCUT2D eigenvalue weighted by atomic mass is 16.5. The lowest BCUT2D eigenvalue weighted by atomic mass is 9.42. The van der Waals surface area contributed by atoms with Crippen LogP contribution in [-0.2, 0) is 16.2 Å². The van der Waals surface area contributed by atoms with Crippen LogP contribution in [0.5, 0.6) is 11.5 Å². The van der Waals surface area contributed by atoms with Crippen LogP contribution in [0.15, 0.2) is 108 Å². The van der Waals surface area contributed by atoms with Gasteiger partial charge in [-0.25, -0.2) is 0 Å². The predicted octanol–water partition coefficient (Wildman–Crippen LogP) is 13.3. The lowest BCUT2D eigenvalue weighted by molar-refractivity contribution is -0.0452. The summed E-state index contributed by atoms with van der Waals surface area (Å²) in [5.74, 6) is 5.17. The van der Waals surface area contributed by atoms with Gasteiger partial charge in [0, 0.05) is 33.3 Å². The van der Waals surface area contributed by atoms with Crippen LogP contribution in [0.1, 0.15) is 94.9 Å². The maximum atomic E-state index is 6.86. The standard InChI is InChI=1S/C48H47NO2/c1-46(2)20-21-47(3,4)38-27-33(16-18-36(38)46)49(40-12-9-15-44-45(40)35-10-5-7-13-41(35)50-44)34-17-19-43-39(28-34)48(37-11-6-8-14-42(37)51-43)31-23-29-22-30(25-31)26-32(48)24-29/h5-19,27-32H,20-26H2,1-4H3. The van der Waals surface area contributed by atoms with Gasteiger partial charge in [0.1, 0.15) is 22.7 Å². The minimum Gasteiger partial charge on any atom is -0.457 e. The molecule has 3 heteroatoms. The van der Waals surface area contributed by atoms with Gasteiger partial charge in [-0.1, -0.05) is 76.2 Å². The Kier molecular flexibility index (Phi) is 6.09. The summed E-state index contributed by atoms with van der Waals surface area (Å²) in [6.45, 7) is 9.71. The van der Waals surface area contributed by atoms with Gasteiger partial charge in [-0.15, -0.1) is 0 Å². The zero-order valence-corrected chi connectivity index (χ0v) is 30.3. The van der Waals surface area contributed by atoms with Crippen molar-refractivity contribution >= 4 is 39.0 Å². The van der Waals surface area contributed by atoms with Crippen molar-refractivity contribution in [2.45, 2.75) is 88.9 Å². The van der Waals surface area contributed by atoms with E-state index in [0.29, 0.717) is 11.8 Å². The highest BCUT2D eigenvalue weighted by Crippen LogP contribution is 2.69. The monoisotopic (exact) mass is 669 g/mol. The van der Waals surface area contributed by atoms with Crippen molar-refractivity contribution in [1.82, 2.24) is 0 Å². The number of fused-ring (bicyclic) bond motifs is 6. The molecule has 1 spiro atoms. The number of benzene rings is 5. The van der Waals surface area contributed by atoms with Gasteiger partial charge in [-0.05, 0) is 145 Å². The van der Waals surface area contributed by atoms with E-state index in [-0.39, 0.29) is 16.2 Å². The third-order valence-corrected chi connectivity index (χ3v) is 14.4. The van der Waals surface area contributed by atoms with Crippen molar-refractivity contribution in [2.24, 2.45) is 23.7 Å². The molecule has 1 aromatic heterocycles. The molecular formula is C48H47NO2. The molecule has 0 amide bonds. The van der Waals surface area contributed by atoms with Crippen molar-refractivity contribution in [1.29, 1.82) is 0 Å². The molecule has 4 saturated carbocycles. The van der Waals surface area contributed by atoms with Crippen LogP contribution in [0, 0.1) is 23.7 Å². The Hall–Kier alpha value is -4.50. The normalized spacial score (nSPS) is 27.6. The highest BCUT2D eigenvalue weighted by molar-refractivity contribution is 6.13. The largest absolute Gasteiger partial charge is 0.457 e. The minimum atomic E-state index is -0.0184. The van der Waals surface area contributed by atoms with Crippen molar-refractivity contribution in [3.63, 3.8) is 0 Å². The first-order valence-electron chi connectivity index (χ1n) is 19.5. The van der Waals surface area contributed by atoms with E-state index >= 15 is 0 Å². The molecule has 12 rings (SSSR count). The third kappa shape index (κ3) is 4.12. The SMILES string of the molecule is CC1(C)CCC(C)(C)c2cc(N(c3ccc4c(c3)C3(c5ccccc5O4)C4CC5CC(C4)CC3C5)c3cccc4oc5ccccc5c34)ccc21. The Balaban J connectivity index is 1.18. The molecule has 2 heterocycles. The van der Waals surface area contributed by atoms with E-state index in [1.807, 2.05) is 0 Å². The second-order valence-corrected chi connectivity index (χ2v) is 18.0. The first-order chi connectivity index (χ1) is 24.7. The van der Waals surface area contributed by atoms with E-state index in [1.165, 1.54) is 78.6 Å². The Bertz CT molecular complexity index is 2360. The van der Waals surface area contributed by atoms with Gasteiger partial charge in [-0.2, -0.15) is 0 Å². The zero-order chi connectivity index (χ0) is 34.3. The molecule has 6 aliphatic rings. The first-order valence-corrected chi connectivity index (χ1v) is 19.5. The van der Waals surface area contributed by atoms with Crippen molar-refractivity contribution in [3.05, 3.63) is 125 Å². The molecule has 0 saturated heterocycles. The molecule has 5 aliphatic carbocycles. The zero-order valence-electron chi connectivity index (χ0n) is 30.3. The third-order valence-electron chi connectivity index (χ3n) is 14.4. The number of nitrogens with zero attached hydrogens (tertiary/aromatic N) is 1. The number of rotatable bonds is 3. The molecule has 0 N–H and O–H groups in total. The summed E-state index contributed by atoms with van der Waals surface area (Å²) in [5, 5.41) is 2.31. The predicted molar refractivity (Wildman–Crippen MR) is 208 cm³/mol. The molecule has 0 radical (unpaired) electrons.